The number of nitriles is 1. The fourth-order valence-electron chi connectivity index (χ4n) is 4.57. The molecule has 3 N–H and O–H groups in total. The van der Waals surface area contributed by atoms with E-state index in [2.05, 4.69) is 15.2 Å². The molecule has 0 radical (unpaired) electrons. The highest BCUT2D eigenvalue weighted by Crippen LogP contribution is 2.39. The van der Waals surface area contributed by atoms with E-state index < -0.39 is 54.5 Å². The molecule has 1 saturated heterocycles. The average Bonchev–Trinajstić information content (AvgIpc) is 3.54. The number of nitrogens with zero attached hydrogens (tertiary/aromatic N) is 6. The van der Waals surface area contributed by atoms with Crippen molar-refractivity contribution in [2.24, 2.45) is 0 Å². The lowest BCUT2D eigenvalue weighted by Gasteiger charge is -2.41. The van der Waals surface area contributed by atoms with Gasteiger partial charge in [0.15, 0.2) is 23.3 Å². The highest BCUT2D eigenvalue weighted by atomic mass is 35.5. The van der Waals surface area contributed by atoms with Gasteiger partial charge in [-0.3, -0.25) is 4.68 Å². The van der Waals surface area contributed by atoms with E-state index in [9.17, 15) is 33.8 Å². The van der Waals surface area contributed by atoms with Gasteiger partial charge in [0.2, 0.25) is 0 Å². The Morgan fingerprint density at radius 2 is 1.82 bits per heavy atom. The van der Waals surface area contributed by atoms with Crippen LogP contribution in [-0.4, -0.2) is 64.8 Å². The molecule has 2 unspecified atom stereocenters. The second kappa shape index (κ2) is 10.4. The van der Waals surface area contributed by atoms with Crippen LogP contribution in [0.1, 0.15) is 29.4 Å². The summed E-state index contributed by atoms with van der Waals surface area (Å²) in [6, 6.07) is 6.90. The highest BCUT2D eigenvalue weighted by molar-refractivity contribution is 6.30. The van der Waals surface area contributed by atoms with Crippen molar-refractivity contribution in [3.63, 3.8) is 0 Å². The van der Waals surface area contributed by atoms with E-state index in [1.165, 1.54) is 35.3 Å². The van der Waals surface area contributed by atoms with Gasteiger partial charge in [0.25, 0.3) is 0 Å². The van der Waals surface area contributed by atoms with Crippen LogP contribution in [0.5, 0.6) is 0 Å². The monoisotopic (exact) mass is 560 g/mol. The fraction of sp³-hybridized carbons (Fsp3) is 0.280. The first kappa shape index (κ1) is 26.8. The molecule has 0 spiro atoms. The molecule has 2 aromatic heterocycles. The summed E-state index contributed by atoms with van der Waals surface area (Å²) in [7, 11) is 0. The summed E-state index contributed by atoms with van der Waals surface area (Å²) in [4.78, 5) is 4.37. The number of ether oxygens (including phenoxy) is 1. The molecule has 14 heteroatoms. The molecule has 5 atom stereocenters. The van der Waals surface area contributed by atoms with Crippen LogP contribution in [0.15, 0.2) is 42.7 Å². The fourth-order valence-corrected chi connectivity index (χ4v) is 4.73. The minimum Gasteiger partial charge on any atom is -0.394 e. The number of aryl methyl sites for hydroxylation is 1. The zero-order chi connectivity index (χ0) is 28.0. The lowest BCUT2D eigenvalue weighted by Crippen LogP contribution is -2.53. The van der Waals surface area contributed by atoms with Gasteiger partial charge in [-0.25, -0.2) is 22.8 Å². The van der Waals surface area contributed by atoms with E-state index in [-0.39, 0.29) is 34.0 Å². The Morgan fingerprint density at radius 1 is 1.10 bits per heavy atom. The maximum atomic E-state index is 13.8. The number of halogens is 4. The summed E-state index contributed by atoms with van der Waals surface area (Å²) in [5, 5.41) is 50.7. The van der Waals surface area contributed by atoms with Crippen LogP contribution >= 0.6 is 11.6 Å². The summed E-state index contributed by atoms with van der Waals surface area (Å²) >= 11 is 6.15. The van der Waals surface area contributed by atoms with Crippen molar-refractivity contribution in [3.8, 4) is 22.9 Å². The van der Waals surface area contributed by atoms with Crippen molar-refractivity contribution in [3.05, 3.63) is 82.4 Å². The predicted molar refractivity (Wildman–Crippen MR) is 129 cm³/mol. The average molecular weight is 561 g/mol. The minimum absolute atomic E-state index is 0.0238. The number of aromatic nitrogens is 5. The molecular weight excluding hydrogens is 541 g/mol. The van der Waals surface area contributed by atoms with Crippen LogP contribution in [0.25, 0.3) is 16.8 Å². The predicted octanol–water partition coefficient (Wildman–Crippen LogP) is 2.78. The molecule has 0 bridgehead atoms. The van der Waals surface area contributed by atoms with Crippen molar-refractivity contribution in [1.29, 1.82) is 5.26 Å². The molecule has 1 aliphatic rings. The highest BCUT2D eigenvalue weighted by Gasteiger charge is 2.48. The van der Waals surface area contributed by atoms with Crippen LogP contribution in [-0.2, 0) is 4.74 Å². The van der Waals surface area contributed by atoms with Crippen molar-refractivity contribution >= 4 is 11.6 Å². The standard InChI is InChI=1S/C25H20ClF3N6O4/c1-11-32-25(35(33-11)18-6-15(26)3-2-12(18)7-30)24-23(38)21(22(37)19(10-36)39-24)34-9-14(8-31-34)13-4-16(27)20(29)17(28)5-13/h2-6,8-9,19,21-24,36-38H,10H2,1H3/t19?,21-,22-,23?,24+/m0/s1. The van der Waals surface area contributed by atoms with Gasteiger partial charge in [0.1, 0.15) is 42.4 Å². The molecule has 1 fully saturated rings. The SMILES string of the molecule is Cc1nc([C@@H]2OC(CO)[C@H](O)[C@H](n3cc(-c4cc(F)c(F)c(F)c4)cn3)C2O)n(-c2cc(Cl)ccc2C#N)n1. The summed E-state index contributed by atoms with van der Waals surface area (Å²) in [6.45, 7) is 0.944. The van der Waals surface area contributed by atoms with Gasteiger partial charge in [-0.1, -0.05) is 11.6 Å². The van der Waals surface area contributed by atoms with Gasteiger partial charge in [-0.15, -0.1) is 0 Å². The van der Waals surface area contributed by atoms with Gasteiger partial charge in [-0.05, 0) is 42.8 Å². The van der Waals surface area contributed by atoms with E-state index in [4.69, 9.17) is 16.3 Å². The number of hydrogen-bond acceptors (Lipinski definition) is 8. The molecule has 39 heavy (non-hydrogen) atoms. The lowest BCUT2D eigenvalue weighted by atomic mass is 9.92. The zero-order valence-corrected chi connectivity index (χ0v) is 20.8. The Bertz CT molecular complexity index is 1570. The molecule has 5 rings (SSSR count). The summed E-state index contributed by atoms with van der Waals surface area (Å²) in [5.41, 5.74) is 0.625. The van der Waals surface area contributed by atoms with Crippen LogP contribution < -0.4 is 0 Å². The third kappa shape index (κ3) is 4.77. The number of benzene rings is 2. The Morgan fingerprint density at radius 3 is 2.49 bits per heavy atom. The van der Waals surface area contributed by atoms with E-state index in [0.29, 0.717) is 5.02 Å². The zero-order valence-electron chi connectivity index (χ0n) is 20.1. The molecule has 0 saturated carbocycles. The third-order valence-electron chi connectivity index (χ3n) is 6.42. The number of rotatable bonds is 5. The minimum atomic E-state index is -1.62. The Kier molecular flexibility index (Phi) is 7.15. The number of hydrogen-bond donors (Lipinski definition) is 3. The summed E-state index contributed by atoms with van der Waals surface area (Å²) in [6.07, 6.45) is -2.98. The van der Waals surface area contributed by atoms with Gasteiger partial charge in [0, 0.05) is 16.8 Å². The van der Waals surface area contributed by atoms with Crippen molar-refractivity contribution in [1.82, 2.24) is 24.5 Å². The topological polar surface area (TPSA) is 142 Å². The molecule has 3 heterocycles. The van der Waals surface area contributed by atoms with E-state index in [1.807, 2.05) is 6.07 Å². The molecule has 2 aromatic carbocycles. The van der Waals surface area contributed by atoms with Crippen molar-refractivity contribution in [2.45, 2.75) is 37.4 Å². The second-order valence-corrected chi connectivity index (χ2v) is 9.35. The molecule has 4 aromatic rings. The van der Waals surface area contributed by atoms with Gasteiger partial charge in [0.05, 0.1) is 24.1 Å². The number of aliphatic hydroxyl groups is 3. The van der Waals surface area contributed by atoms with Crippen LogP contribution in [0.3, 0.4) is 0 Å². The second-order valence-electron chi connectivity index (χ2n) is 8.91. The molecule has 1 aliphatic heterocycles. The molecule has 202 valence electrons. The van der Waals surface area contributed by atoms with Crippen molar-refractivity contribution < 1.29 is 33.2 Å². The van der Waals surface area contributed by atoms with Crippen LogP contribution in [0.4, 0.5) is 13.2 Å². The third-order valence-corrected chi connectivity index (χ3v) is 6.65. The van der Waals surface area contributed by atoms with Crippen LogP contribution in [0.2, 0.25) is 5.02 Å². The quantitative estimate of drug-likeness (QED) is 0.316. The summed E-state index contributed by atoms with van der Waals surface area (Å²) in [5.74, 6) is -4.07. The summed E-state index contributed by atoms with van der Waals surface area (Å²) < 4.78 is 49.3. The molecular formula is C25H20ClF3N6O4. The maximum Gasteiger partial charge on any atom is 0.194 e. The first-order valence-corrected chi connectivity index (χ1v) is 12.0. The lowest BCUT2D eigenvalue weighted by molar-refractivity contribution is -0.210. The molecule has 0 aliphatic carbocycles. The van der Waals surface area contributed by atoms with Gasteiger partial charge < -0.3 is 20.1 Å². The van der Waals surface area contributed by atoms with Gasteiger partial charge in [-0.2, -0.15) is 15.5 Å². The van der Waals surface area contributed by atoms with Gasteiger partial charge >= 0.3 is 0 Å². The first-order chi connectivity index (χ1) is 18.6. The van der Waals surface area contributed by atoms with Crippen LogP contribution in [0, 0.1) is 35.7 Å². The molecule has 0 amide bonds. The van der Waals surface area contributed by atoms with Crippen molar-refractivity contribution in [2.75, 3.05) is 6.61 Å². The number of aliphatic hydroxyl groups excluding tert-OH is 3. The van der Waals surface area contributed by atoms with E-state index in [0.717, 1.165) is 16.8 Å². The van der Waals surface area contributed by atoms with E-state index >= 15 is 0 Å². The van der Waals surface area contributed by atoms with E-state index in [1.54, 1.807) is 6.92 Å². The maximum absolute atomic E-state index is 13.8. The first-order valence-electron chi connectivity index (χ1n) is 11.6. The Hall–Kier alpha value is -3.80. The molecule has 10 nitrogen and oxygen atoms in total. The Labute approximate surface area is 224 Å². The Balaban J connectivity index is 1.57. The largest absolute Gasteiger partial charge is 0.394 e. The normalized spacial score (nSPS) is 23.1. The smallest absolute Gasteiger partial charge is 0.194 e.